The molecule has 11 nitrogen and oxygen atoms in total. The molecule has 1 aromatic carbocycles. The number of amides is 2. The number of anilines is 4. The van der Waals surface area contributed by atoms with Gasteiger partial charge in [0.1, 0.15) is 0 Å². The molecule has 0 bridgehead atoms. The molecule has 0 spiro atoms. The van der Waals surface area contributed by atoms with Crippen LogP contribution in [0, 0.1) is 0 Å². The lowest BCUT2D eigenvalue weighted by atomic mass is 10.2. The monoisotopic (exact) mass is 503 g/mol. The molecule has 0 atom stereocenters. The van der Waals surface area contributed by atoms with Crippen molar-refractivity contribution in [3.8, 4) is 11.4 Å². The molecule has 2 fully saturated rings. The summed E-state index contributed by atoms with van der Waals surface area (Å²) in [6.07, 6.45) is 4.33. The number of nitrogens with zero attached hydrogens (tertiary/aromatic N) is 7. The number of carbonyl (C=O) groups is 1. The highest BCUT2D eigenvalue weighted by Crippen LogP contribution is 2.24. The maximum absolute atomic E-state index is 12.3. The molecule has 11 heteroatoms. The molecule has 2 amide bonds. The number of hydrogen-bond acceptors (Lipinski definition) is 9. The fraction of sp³-hybridized carbons (Fsp3) is 0.423. The van der Waals surface area contributed by atoms with Gasteiger partial charge in [-0.15, -0.1) is 0 Å². The molecule has 5 rings (SSSR count). The summed E-state index contributed by atoms with van der Waals surface area (Å²) in [7, 11) is 0. The molecular weight excluding hydrogens is 470 g/mol. The van der Waals surface area contributed by atoms with Gasteiger partial charge in [0.25, 0.3) is 0 Å². The zero-order valence-corrected chi connectivity index (χ0v) is 21.1. The number of ether oxygens (including phenoxy) is 1. The molecule has 4 heterocycles. The Morgan fingerprint density at radius 1 is 0.865 bits per heavy atom. The SMILES string of the molecule is CCN1CCCN(c2nc(-c3ccc(NC(=O)Nc4cccnc4)cc3)nc(N3CCOCC3)n2)CC1. The largest absolute Gasteiger partial charge is 0.378 e. The van der Waals surface area contributed by atoms with Gasteiger partial charge in [-0.1, -0.05) is 6.92 Å². The third-order valence-corrected chi connectivity index (χ3v) is 6.54. The minimum Gasteiger partial charge on any atom is -0.378 e. The van der Waals surface area contributed by atoms with Crippen molar-refractivity contribution in [3.63, 3.8) is 0 Å². The summed E-state index contributed by atoms with van der Waals surface area (Å²) in [5.74, 6) is 2.01. The molecule has 0 radical (unpaired) electrons. The zero-order chi connectivity index (χ0) is 25.5. The van der Waals surface area contributed by atoms with Gasteiger partial charge in [0.2, 0.25) is 11.9 Å². The van der Waals surface area contributed by atoms with E-state index >= 15 is 0 Å². The second-order valence-corrected chi connectivity index (χ2v) is 9.03. The number of hydrogen-bond donors (Lipinski definition) is 2. The van der Waals surface area contributed by atoms with Crippen LogP contribution in [-0.4, -0.2) is 89.9 Å². The van der Waals surface area contributed by atoms with E-state index in [0.29, 0.717) is 42.3 Å². The van der Waals surface area contributed by atoms with Crippen LogP contribution in [0.15, 0.2) is 48.8 Å². The summed E-state index contributed by atoms with van der Waals surface area (Å²) < 4.78 is 5.53. The Morgan fingerprint density at radius 3 is 2.30 bits per heavy atom. The lowest BCUT2D eigenvalue weighted by Gasteiger charge is -2.28. The van der Waals surface area contributed by atoms with Crippen LogP contribution < -0.4 is 20.4 Å². The van der Waals surface area contributed by atoms with Gasteiger partial charge >= 0.3 is 6.03 Å². The molecule has 0 saturated carbocycles. The average Bonchev–Trinajstić information content (AvgIpc) is 3.20. The zero-order valence-electron chi connectivity index (χ0n) is 21.1. The fourth-order valence-electron chi connectivity index (χ4n) is 4.45. The topological polar surface area (TPSA) is 112 Å². The Balaban J connectivity index is 1.36. The number of likely N-dealkylation sites (N-methyl/N-ethyl adjacent to an activating group) is 1. The lowest BCUT2D eigenvalue weighted by molar-refractivity contribution is 0.122. The van der Waals surface area contributed by atoms with E-state index in [1.807, 2.05) is 24.3 Å². The van der Waals surface area contributed by atoms with Crippen LogP contribution in [-0.2, 0) is 4.74 Å². The molecule has 0 aliphatic carbocycles. The van der Waals surface area contributed by atoms with Crippen LogP contribution in [0.25, 0.3) is 11.4 Å². The highest BCUT2D eigenvalue weighted by atomic mass is 16.5. The van der Waals surface area contributed by atoms with Crippen LogP contribution in [0.2, 0.25) is 0 Å². The Morgan fingerprint density at radius 2 is 1.59 bits per heavy atom. The minimum absolute atomic E-state index is 0.333. The first-order valence-corrected chi connectivity index (χ1v) is 12.8. The standard InChI is InChI=1S/C26H33N9O2/c1-2-33-11-4-12-34(14-13-33)24-30-23(31-25(32-24)35-15-17-37-18-16-35)20-6-8-21(9-7-20)28-26(36)29-22-5-3-10-27-19-22/h3,5-10,19H,2,4,11-18H2,1H3,(H2,28,29,36). The molecule has 194 valence electrons. The molecular formula is C26H33N9O2. The van der Waals surface area contributed by atoms with E-state index in [1.54, 1.807) is 24.5 Å². The second-order valence-electron chi connectivity index (χ2n) is 9.03. The molecule has 0 unspecified atom stereocenters. The maximum atomic E-state index is 12.3. The van der Waals surface area contributed by atoms with Crippen LogP contribution in [0.4, 0.5) is 28.1 Å². The van der Waals surface area contributed by atoms with E-state index in [9.17, 15) is 4.79 Å². The van der Waals surface area contributed by atoms with E-state index < -0.39 is 0 Å². The van der Waals surface area contributed by atoms with Gasteiger partial charge in [-0.25, -0.2) is 4.79 Å². The van der Waals surface area contributed by atoms with E-state index in [1.165, 1.54) is 0 Å². The fourth-order valence-corrected chi connectivity index (χ4v) is 4.45. The van der Waals surface area contributed by atoms with Crippen molar-refractivity contribution < 1.29 is 9.53 Å². The summed E-state index contributed by atoms with van der Waals surface area (Å²) >= 11 is 0. The first kappa shape index (κ1) is 24.8. The second kappa shape index (κ2) is 11.9. The predicted molar refractivity (Wildman–Crippen MR) is 144 cm³/mol. The summed E-state index contributed by atoms with van der Waals surface area (Å²) in [6.45, 7) is 9.95. The van der Waals surface area contributed by atoms with Crippen molar-refractivity contribution in [1.29, 1.82) is 0 Å². The number of pyridine rings is 1. The summed E-state index contributed by atoms with van der Waals surface area (Å²) in [4.78, 5) is 37.8. The molecule has 37 heavy (non-hydrogen) atoms. The van der Waals surface area contributed by atoms with Gasteiger partial charge in [-0.05, 0) is 55.9 Å². The first-order chi connectivity index (χ1) is 18.2. The first-order valence-electron chi connectivity index (χ1n) is 12.8. The van der Waals surface area contributed by atoms with Crippen LogP contribution in [0.3, 0.4) is 0 Å². The number of aromatic nitrogens is 4. The Bertz CT molecular complexity index is 1170. The van der Waals surface area contributed by atoms with Gasteiger partial charge in [-0.3, -0.25) is 4.98 Å². The van der Waals surface area contributed by atoms with Crippen molar-refractivity contribution in [1.82, 2.24) is 24.8 Å². The van der Waals surface area contributed by atoms with E-state index in [4.69, 9.17) is 19.7 Å². The van der Waals surface area contributed by atoms with Crippen molar-refractivity contribution in [2.45, 2.75) is 13.3 Å². The van der Waals surface area contributed by atoms with Crippen molar-refractivity contribution in [2.24, 2.45) is 0 Å². The normalized spacial score (nSPS) is 16.8. The van der Waals surface area contributed by atoms with Crippen molar-refractivity contribution in [2.75, 3.05) is 79.5 Å². The lowest BCUT2D eigenvalue weighted by Crippen LogP contribution is -2.38. The van der Waals surface area contributed by atoms with Crippen LogP contribution >= 0.6 is 0 Å². The van der Waals surface area contributed by atoms with Crippen molar-refractivity contribution in [3.05, 3.63) is 48.8 Å². The molecule has 2 aliphatic rings. The quantitative estimate of drug-likeness (QED) is 0.524. The predicted octanol–water partition coefficient (Wildman–Crippen LogP) is 2.95. The molecule has 2 aromatic heterocycles. The molecule has 3 aromatic rings. The van der Waals surface area contributed by atoms with Crippen LogP contribution in [0.5, 0.6) is 0 Å². The number of rotatable bonds is 6. The minimum atomic E-state index is -0.333. The number of carbonyl (C=O) groups excluding carboxylic acids is 1. The smallest absolute Gasteiger partial charge is 0.323 e. The average molecular weight is 504 g/mol. The summed E-state index contributed by atoms with van der Waals surface area (Å²) in [5.41, 5.74) is 2.15. The number of benzene rings is 1. The summed E-state index contributed by atoms with van der Waals surface area (Å²) in [5, 5.41) is 5.61. The molecule has 2 aliphatic heterocycles. The van der Waals surface area contributed by atoms with Gasteiger partial charge in [0, 0.05) is 50.2 Å². The molecule has 2 N–H and O–H groups in total. The third kappa shape index (κ3) is 6.49. The number of nitrogens with one attached hydrogen (secondary N) is 2. The number of morpholine rings is 1. The van der Waals surface area contributed by atoms with Gasteiger partial charge < -0.3 is 30.1 Å². The maximum Gasteiger partial charge on any atom is 0.323 e. The molecule has 2 saturated heterocycles. The number of urea groups is 1. The Labute approximate surface area is 216 Å². The van der Waals surface area contributed by atoms with E-state index in [0.717, 1.165) is 57.8 Å². The van der Waals surface area contributed by atoms with E-state index in [2.05, 4.69) is 37.2 Å². The van der Waals surface area contributed by atoms with Gasteiger partial charge in [0.05, 0.1) is 25.1 Å². The van der Waals surface area contributed by atoms with E-state index in [-0.39, 0.29) is 6.03 Å². The summed E-state index contributed by atoms with van der Waals surface area (Å²) in [6, 6.07) is 10.8. The van der Waals surface area contributed by atoms with Crippen molar-refractivity contribution >= 4 is 29.3 Å². The third-order valence-electron chi connectivity index (χ3n) is 6.54. The highest BCUT2D eigenvalue weighted by molar-refractivity contribution is 5.99. The Kier molecular flexibility index (Phi) is 8.02. The van der Waals surface area contributed by atoms with Gasteiger partial charge in [0.15, 0.2) is 5.82 Å². The van der Waals surface area contributed by atoms with Gasteiger partial charge in [-0.2, -0.15) is 15.0 Å². The van der Waals surface area contributed by atoms with Crippen LogP contribution in [0.1, 0.15) is 13.3 Å². The highest BCUT2D eigenvalue weighted by Gasteiger charge is 2.22. The Hall–Kier alpha value is -3.83.